The van der Waals surface area contributed by atoms with E-state index in [1.165, 1.54) is 9.58 Å². The van der Waals surface area contributed by atoms with Crippen LogP contribution in [0.15, 0.2) is 24.3 Å². The maximum Gasteiger partial charge on any atom is 0.236 e. The van der Waals surface area contributed by atoms with Crippen molar-refractivity contribution in [3.8, 4) is 0 Å². The SMILES string of the molecule is O=C(CN1CCN(Cc2sc3ccccc3c2Cl)CC1)N1CCOCC1. The van der Waals surface area contributed by atoms with Gasteiger partial charge < -0.3 is 9.64 Å². The van der Waals surface area contributed by atoms with Crippen molar-refractivity contribution in [1.82, 2.24) is 14.7 Å². The first-order valence-corrected chi connectivity index (χ1v) is 10.4. The number of hydrogen-bond donors (Lipinski definition) is 0. The fraction of sp³-hybridized carbons (Fsp3) is 0.526. The summed E-state index contributed by atoms with van der Waals surface area (Å²) in [6.45, 7) is 8.00. The van der Waals surface area contributed by atoms with Gasteiger partial charge in [0.2, 0.25) is 5.91 Å². The predicted molar refractivity (Wildman–Crippen MR) is 106 cm³/mol. The molecule has 26 heavy (non-hydrogen) atoms. The molecule has 2 saturated heterocycles. The Morgan fingerprint density at radius 1 is 1.04 bits per heavy atom. The van der Waals surface area contributed by atoms with Gasteiger partial charge in [0.25, 0.3) is 0 Å². The first-order chi connectivity index (χ1) is 12.7. The van der Waals surface area contributed by atoms with Crippen LogP contribution in [0.5, 0.6) is 0 Å². The molecule has 0 atom stereocenters. The number of piperazine rings is 1. The van der Waals surface area contributed by atoms with E-state index in [-0.39, 0.29) is 5.91 Å². The molecule has 1 amide bonds. The van der Waals surface area contributed by atoms with Crippen molar-refractivity contribution in [3.05, 3.63) is 34.2 Å². The van der Waals surface area contributed by atoms with Crippen LogP contribution in [0.3, 0.4) is 0 Å². The van der Waals surface area contributed by atoms with E-state index in [0.717, 1.165) is 56.2 Å². The highest BCUT2D eigenvalue weighted by molar-refractivity contribution is 7.19. The second-order valence-corrected chi connectivity index (χ2v) is 8.40. The molecule has 0 unspecified atom stereocenters. The highest BCUT2D eigenvalue weighted by Gasteiger charge is 2.23. The lowest BCUT2D eigenvalue weighted by Gasteiger charge is -2.35. The zero-order chi connectivity index (χ0) is 17.9. The quantitative estimate of drug-likeness (QED) is 0.799. The van der Waals surface area contributed by atoms with Crippen LogP contribution in [0.4, 0.5) is 0 Å². The van der Waals surface area contributed by atoms with E-state index in [9.17, 15) is 4.79 Å². The second-order valence-electron chi connectivity index (χ2n) is 6.88. The van der Waals surface area contributed by atoms with Gasteiger partial charge in [-0.3, -0.25) is 14.6 Å². The first kappa shape index (κ1) is 18.2. The molecule has 0 N–H and O–H groups in total. The minimum Gasteiger partial charge on any atom is -0.378 e. The highest BCUT2D eigenvalue weighted by atomic mass is 35.5. The van der Waals surface area contributed by atoms with Crippen molar-refractivity contribution in [2.24, 2.45) is 0 Å². The Hall–Kier alpha value is -1.18. The zero-order valence-electron chi connectivity index (χ0n) is 14.8. The predicted octanol–water partition coefficient (Wildman–Crippen LogP) is 2.53. The van der Waals surface area contributed by atoms with E-state index in [0.29, 0.717) is 19.8 Å². The molecular formula is C19H24ClN3O2S. The fourth-order valence-corrected chi connectivity index (χ4v) is 5.11. The zero-order valence-corrected chi connectivity index (χ0v) is 16.4. The Morgan fingerprint density at radius 3 is 2.46 bits per heavy atom. The molecule has 0 spiro atoms. The number of halogens is 1. The molecule has 0 saturated carbocycles. The molecule has 140 valence electrons. The van der Waals surface area contributed by atoms with Gasteiger partial charge in [0.15, 0.2) is 0 Å². The number of nitrogens with zero attached hydrogens (tertiary/aromatic N) is 3. The molecule has 5 nitrogen and oxygen atoms in total. The molecule has 0 radical (unpaired) electrons. The Bertz CT molecular complexity index is 767. The molecule has 1 aromatic heterocycles. The van der Waals surface area contributed by atoms with Gasteiger partial charge in [-0.2, -0.15) is 0 Å². The van der Waals surface area contributed by atoms with E-state index in [4.69, 9.17) is 16.3 Å². The van der Waals surface area contributed by atoms with Crippen LogP contribution < -0.4 is 0 Å². The van der Waals surface area contributed by atoms with Crippen molar-refractivity contribution in [1.29, 1.82) is 0 Å². The molecule has 2 aromatic rings. The molecule has 2 aliphatic heterocycles. The van der Waals surface area contributed by atoms with Gasteiger partial charge in [0.1, 0.15) is 0 Å². The average molecular weight is 394 g/mol. The number of amides is 1. The van der Waals surface area contributed by atoms with Crippen molar-refractivity contribution < 1.29 is 9.53 Å². The van der Waals surface area contributed by atoms with E-state index >= 15 is 0 Å². The van der Waals surface area contributed by atoms with Gasteiger partial charge in [0, 0.05) is 60.8 Å². The molecule has 4 rings (SSSR count). The Balaban J connectivity index is 1.29. The lowest BCUT2D eigenvalue weighted by molar-refractivity contribution is -0.136. The summed E-state index contributed by atoms with van der Waals surface area (Å²) in [6, 6.07) is 8.32. The molecule has 3 heterocycles. The number of carbonyl (C=O) groups is 1. The summed E-state index contributed by atoms with van der Waals surface area (Å²) in [7, 11) is 0. The third-order valence-corrected chi connectivity index (χ3v) is 6.86. The monoisotopic (exact) mass is 393 g/mol. The maximum atomic E-state index is 12.4. The van der Waals surface area contributed by atoms with Crippen molar-refractivity contribution in [2.75, 3.05) is 59.0 Å². The third kappa shape index (κ3) is 4.05. The molecule has 0 aliphatic carbocycles. The Labute approximate surface area is 163 Å². The smallest absolute Gasteiger partial charge is 0.236 e. The van der Waals surface area contributed by atoms with Crippen LogP contribution in [0, 0.1) is 0 Å². The number of fused-ring (bicyclic) bond motifs is 1. The number of carbonyl (C=O) groups excluding carboxylic acids is 1. The minimum absolute atomic E-state index is 0.231. The molecule has 0 bridgehead atoms. The Kier molecular flexibility index (Phi) is 5.76. The van der Waals surface area contributed by atoms with Crippen LogP contribution in [-0.2, 0) is 16.1 Å². The molecular weight excluding hydrogens is 370 g/mol. The highest BCUT2D eigenvalue weighted by Crippen LogP contribution is 2.35. The van der Waals surface area contributed by atoms with Crippen LogP contribution in [0.1, 0.15) is 4.88 Å². The van der Waals surface area contributed by atoms with Crippen molar-refractivity contribution in [2.45, 2.75) is 6.54 Å². The molecule has 1 aromatic carbocycles. The third-order valence-electron chi connectivity index (χ3n) is 5.16. The Morgan fingerprint density at radius 2 is 1.73 bits per heavy atom. The van der Waals surface area contributed by atoms with Crippen LogP contribution >= 0.6 is 22.9 Å². The summed E-state index contributed by atoms with van der Waals surface area (Å²) in [5.41, 5.74) is 0. The van der Waals surface area contributed by atoms with E-state index < -0.39 is 0 Å². The van der Waals surface area contributed by atoms with Gasteiger partial charge in [-0.15, -0.1) is 11.3 Å². The number of rotatable bonds is 4. The fourth-order valence-electron chi connectivity index (χ4n) is 3.58. The van der Waals surface area contributed by atoms with E-state index in [2.05, 4.69) is 28.0 Å². The summed E-state index contributed by atoms with van der Waals surface area (Å²) in [4.78, 5) is 20.2. The van der Waals surface area contributed by atoms with Gasteiger partial charge in [-0.05, 0) is 6.07 Å². The summed E-state index contributed by atoms with van der Waals surface area (Å²) < 4.78 is 6.57. The number of ether oxygens (including phenoxy) is 1. The van der Waals surface area contributed by atoms with Crippen LogP contribution in [0.2, 0.25) is 5.02 Å². The van der Waals surface area contributed by atoms with Gasteiger partial charge >= 0.3 is 0 Å². The van der Waals surface area contributed by atoms with Crippen molar-refractivity contribution in [3.63, 3.8) is 0 Å². The number of benzene rings is 1. The maximum absolute atomic E-state index is 12.4. The summed E-state index contributed by atoms with van der Waals surface area (Å²) in [5.74, 6) is 0.231. The topological polar surface area (TPSA) is 36.0 Å². The van der Waals surface area contributed by atoms with Crippen LogP contribution in [0.25, 0.3) is 10.1 Å². The number of thiophene rings is 1. The average Bonchev–Trinajstić information content (AvgIpc) is 3.00. The molecule has 2 fully saturated rings. The summed E-state index contributed by atoms with van der Waals surface area (Å²) >= 11 is 8.36. The largest absolute Gasteiger partial charge is 0.378 e. The van der Waals surface area contributed by atoms with E-state index in [1.54, 1.807) is 11.3 Å². The van der Waals surface area contributed by atoms with Crippen LogP contribution in [-0.4, -0.2) is 79.6 Å². The molecule has 2 aliphatic rings. The van der Waals surface area contributed by atoms with Gasteiger partial charge in [-0.25, -0.2) is 0 Å². The van der Waals surface area contributed by atoms with Gasteiger partial charge in [0.05, 0.1) is 24.8 Å². The number of morpholine rings is 1. The van der Waals surface area contributed by atoms with Gasteiger partial charge in [-0.1, -0.05) is 29.8 Å². The normalized spacial score (nSPS) is 20.0. The minimum atomic E-state index is 0.231. The van der Waals surface area contributed by atoms with Crippen molar-refractivity contribution >= 4 is 38.9 Å². The second kappa shape index (κ2) is 8.23. The summed E-state index contributed by atoms with van der Waals surface area (Å²) in [5, 5.41) is 2.06. The van der Waals surface area contributed by atoms with E-state index in [1.807, 2.05) is 11.0 Å². The molecule has 7 heteroatoms. The standard InChI is InChI=1S/C19H24ClN3O2S/c20-19-15-3-1-2-4-16(15)26-17(19)13-21-5-7-22(8-6-21)14-18(24)23-9-11-25-12-10-23/h1-4H,5-14H2. The number of hydrogen-bond acceptors (Lipinski definition) is 5. The first-order valence-electron chi connectivity index (χ1n) is 9.17. The lowest BCUT2D eigenvalue weighted by atomic mass is 10.2. The lowest BCUT2D eigenvalue weighted by Crippen LogP contribution is -2.51. The summed E-state index contributed by atoms with van der Waals surface area (Å²) in [6.07, 6.45) is 0.